The van der Waals surface area contributed by atoms with Crippen LogP contribution in [0.5, 0.6) is 0 Å². The van der Waals surface area contributed by atoms with Gasteiger partial charge in [0.05, 0.1) is 17.7 Å². The molecular formula is C15H9FN6O3. The molecule has 0 amide bonds. The summed E-state index contributed by atoms with van der Waals surface area (Å²) in [5, 5.41) is 18.9. The highest BCUT2D eigenvalue weighted by Crippen LogP contribution is 2.24. The van der Waals surface area contributed by atoms with Crippen LogP contribution >= 0.6 is 0 Å². The van der Waals surface area contributed by atoms with Gasteiger partial charge in [-0.15, -0.1) is 5.10 Å². The third kappa shape index (κ3) is 2.59. The summed E-state index contributed by atoms with van der Waals surface area (Å²) in [7, 11) is 0. The molecule has 3 heterocycles. The number of non-ortho nitro benzene ring substituents is 1. The third-order valence-corrected chi connectivity index (χ3v) is 3.61. The van der Waals surface area contributed by atoms with Gasteiger partial charge in [0.15, 0.2) is 16.9 Å². The van der Waals surface area contributed by atoms with Crippen molar-refractivity contribution < 1.29 is 13.7 Å². The standard InChI is InChI=1S/C15H9FN6O3/c16-11-4-3-10(22(23)24)6-9(11)7-21-15-14(19-20-21)13(17-8-18-15)12-2-1-5-25-12/h1-6,8H,7H2. The second-order valence-electron chi connectivity index (χ2n) is 5.15. The zero-order chi connectivity index (χ0) is 17.4. The van der Waals surface area contributed by atoms with Gasteiger partial charge >= 0.3 is 0 Å². The maximum atomic E-state index is 14.0. The van der Waals surface area contributed by atoms with Gasteiger partial charge in [0.2, 0.25) is 0 Å². The number of halogens is 1. The Hall–Kier alpha value is -3.69. The first-order valence-corrected chi connectivity index (χ1v) is 7.14. The van der Waals surface area contributed by atoms with Crippen LogP contribution in [0, 0.1) is 15.9 Å². The molecule has 0 bridgehead atoms. The van der Waals surface area contributed by atoms with Gasteiger partial charge in [-0.3, -0.25) is 10.1 Å². The summed E-state index contributed by atoms with van der Waals surface area (Å²) in [6.07, 6.45) is 2.83. The highest BCUT2D eigenvalue weighted by molar-refractivity contribution is 5.84. The number of benzene rings is 1. The van der Waals surface area contributed by atoms with Crippen LogP contribution in [-0.4, -0.2) is 29.9 Å². The Kier molecular flexibility index (Phi) is 3.42. The molecule has 0 saturated carbocycles. The molecule has 0 N–H and O–H groups in total. The number of hydrogen-bond donors (Lipinski definition) is 0. The number of fused-ring (bicyclic) bond motifs is 1. The second kappa shape index (κ2) is 5.74. The van der Waals surface area contributed by atoms with Crippen molar-refractivity contribution in [2.45, 2.75) is 6.54 Å². The first-order valence-electron chi connectivity index (χ1n) is 7.14. The van der Waals surface area contributed by atoms with Crippen LogP contribution in [0.25, 0.3) is 22.6 Å². The topological polar surface area (TPSA) is 113 Å². The Morgan fingerprint density at radius 1 is 1.28 bits per heavy atom. The molecule has 0 spiro atoms. The van der Waals surface area contributed by atoms with Gasteiger partial charge in [0.25, 0.3) is 5.69 Å². The maximum Gasteiger partial charge on any atom is 0.269 e. The number of nitro groups is 1. The highest BCUT2D eigenvalue weighted by atomic mass is 19.1. The molecule has 0 aliphatic carbocycles. The Morgan fingerprint density at radius 2 is 2.16 bits per heavy atom. The zero-order valence-electron chi connectivity index (χ0n) is 12.5. The first kappa shape index (κ1) is 14.9. The van der Waals surface area contributed by atoms with Crippen molar-refractivity contribution in [3.63, 3.8) is 0 Å². The quantitative estimate of drug-likeness (QED) is 0.414. The summed E-state index contributed by atoms with van der Waals surface area (Å²) in [5.41, 5.74) is 1.13. The van der Waals surface area contributed by atoms with Crippen LogP contribution in [0.15, 0.2) is 47.3 Å². The molecule has 10 heteroatoms. The van der Waals surface area contributed by atoms with E-state index in [0.29, 0.717) is 22.6 Å². The molecule has 124 valence electrons. The lowest BCUT2D eigenvalue weighted by atomic mass is 10.2. The Bertz CT molecular complexity index is 1080. The normalized spacial score (nSPS) is 11.1. The summed E-state index contributed by atoms with van der Waals surface area (Å²) in [6, 6.07) is 6.76. The smallest absolute Gasteiger partial charge is 0.269 e. The van der Waals surface area contributed by atoms with E-state index in [4.69, 9.17) is 4.42 Å². The largest absolute Gasteiger partial charge is 0.463 e. The van der Waals surface area contributed by atoms with Crippen molar-refractivity contribution in [2.75, 3.05) is 0 Å². The van der Waals surface area contributed by atoms with E-state index in [1.165, 1.54) is 17.3 Å². The first-order chi connectivity index (χ1) is 12.1. The molecule has 25 heavy (non-hydrogen) atoms. The van der Waals surface area contributed by atoms with E-state index in [1.807, 2.05) is 0 Å². The van der Waals surface area contributed by atoms with Crippen molar-refractivity contribution in [3.05, 3.63) is 64.4 Å². The van der Waals surface area contributed by atoms with Crippen molar-refractivity contribution in [3.8, 4) is 11.5 Å². The summed E-state index contributed by atoms with van der Waals surface area (Å²) in [6.45, 7) is -0.0569. The Labute approximate surface area is 138 Å². The fourth-order valence-electron chi connectivity index (χ4n) is 2.45. The SMILES string of the molecule is O=[N+]([O-])c1ccc(F)c(Cn2nnc3c(-c4ccco4)ncnc32)c1. The molecular weight excluding hydrogens is 331 g/mol. The predicted molar refractivity (Wildman–Crippen MR) is 83.0 cm³/mol. The van der Waals surface area contributed by atoms with Crippen molar-refractivity contribution in [1.29, 1.82) is 0 Å². The average Bonchev–Trinajstić information content (AvgIpc) is 3.26. The monoisotopic (exact) mass is 340 g/mol. The van der Waals surface area contributed by atoms with Gasteiger partial charge in [-0.2, -0.15) is 0 Å². The van der Waals surface area contributed by atoms with Crippen molar-refractivity contribution >= 4 is 16.9 Å². The van der Waals surface area contributed by atoms with E-state index >= 15 is 0 Å². The fourth-order valence-corrected chi connectivity index (χ4v) is 2.45. The van der Waals surface area contributed by atoms with E-state index in [-0.39, 0.29) is 17.8 Å². The number of nitrogens with zero attached hydrogens (tertiary/aromatic N) is 6. The van der Waals surface area contributed by atoms with E-state index < -0.39 is 10.7 Å². The fraction of sp³-hybridized carbons (Fsp3) is 0.0667. The van der Waals surface area contributed by atoms with Gasteiger partial charge in [-0.25, -0.2) is 19.0 Å². The zero-order valence-corrected chi connectivity index (χ0v) is 12.5. The summed E-state index contributed by atoms with van der Waals surface area (Å²) >= 11 is 0. The van der Waals surface area contributed by atoms with Crippen molar-refractivity contribution in [1.82, 2.24) is 25.0 Å². The molecule has 4 rings (SSSR count). The van der Waals surface area contributed by atoms with Crippen LogP contribution in [0.4, 0.5) is 10.1 Å². The van der Waals surface area contributed by atoms with Gasteiger partial charge in [-0.05, 0) is 18.2 Å². The molecule has 0 atom stereocenters. The molecule has 4 aromatic rings. The molecule has 0 aliphatic heterocycles. The summed E-state index contributed by atoms with van der Waals surface area (Å²) in [4.78, 5) is 18.6. The highest BCUT2D eigenvalue weighted by Gasteiger charge is 2.17. The minimum absolute atomic E-state index is 0.0569. The van der Waals surface area contributed by atoms with Crippen LogP contribution in [0.1, 0.15) is 5.56 Å². The van der Waals surface area contributed by atoms with Crippen LogP contribution < -0.4 is 0 Å². The lowest BCUT2D eigenvalue weighted by molar-refractivity contribution is -0.385. The molecule has 0 unspecified atom stereocenters. The lowest BCUT2D eigenvalue weighted by Crippen LogP contribution is -2.05. The van der Waals surface area contributed by atoms with Crippen LogP contribution in [0.3, 0.4) is 0 Å². The van der Waals surface area contributed by atoms with Gasteiger partial charge in [0, 0.05) is 17.7 Å². The van der Waals surface area contributed by atoms with E-state index in [2.05, 4.69) is 20.3 Å². The lowest BCUT2D eigenvalue weighted by Gasteiger charge is -2.04. The molecule has 3 aromatic heterocycles. The van der Waals surface area contributed by atoms with Crippen LogP contribution in [0.2, 0.25) is 0 Å². The minimum Gasteiger partial charge on any atom is -0.463 e. The number of rotatable bonds is 4. The molecule has 1 aromatic carbocycles. The van der Waals surface area contributed by atoms with Crippen molar-refractivity contribution in [2.24, 2.45) is 0 Å². The predicted octanol–water partition coefficient (Wildman–Crippen LogP) is 2.58. The number of furan rings is 1. The molecule has 9 nitrogen and oxygen atoms in total. The Morgan fingerprint density at radius 3 is 2.92 bits per heavy atom. The van der Waals surface area contributed by atoms with Crippen LogP contribution in [-0.2, 0) is 6.54 Å². The maximum absolute atomic E-state index is 14.0. The molecule has 0 fully saturated rings. The van der Waals surface area contributed by atoms with E-state index in [0.717, 1.165) is 18.2 Å². The molecule has 0 aliphatic rings. The number of aromatic nitrogens is 5. The number of nitro benzene ring substituents is 1. The summed E-state index contributed by atoms with van der Waals surface area (Å²) < 4.78 is 20.7. The van der Waals surface area contributed by atoms with Gasteiger partial charge < -0.3 is 4.42 Å². The van der Waals surface area contributed by atoms with Gasteiger partial charge in [0.1, 0.15) is 17.8 Å². The second-order valence-corrected chi connectivity index (χ2v) is 5.15. The number of hydrogen-bond acceptors (Lipinski definition) is 7. The third-order valence-electron chi connectivity index (χ3n) is 3.61. The van der Waals surface area contributed by atoms with Gasteiger partial charge in [-0.1, -0.05) is 5.21 Å². The summed E-state index contributed by atoms with van der Waals surface area (Å²) in [5.74, 6) is -0.0736. The van der Waals surface area contributed by atoms with E-state index in [1.54, 1.807) is 12.1 Å². The average molecular weight is 340 g/mol. The Balaban J connectivity index is 1.78. The molecule has 0 saturated heterocycles. The van der Waals surface area contributed by atoms with E-state index in [9.17, 15) is 14.5 Å². The minimum atomic E-state index is -0.584. The molecule has 0 radical (unpaired) electrons.